The maximum Gasteiger partial charge on any atom is 0.238 e. The minimum absolute atomic E-state index is 0.104. The van der Waals surface area contributed by atoms with Crippen LogP contribution in [0.3, 0.4) is 0 Å². The SMILES string of the molecule is CCc1noc2cc(OC)c(-c3c(S(N)(=O)=O)ccc(OC)c3OC)cc12. The highest BCUT2D eigenvalue weighted by Gasteiger charge is 2.26. The maximum atomic E-state index is 12.2. The zero-order chi connectivity index (χ0) is 19.8. The van der Waals surface area contributed by atoms with Gasteiger partial charge in [0.1, 0.15) is 5.75 Å². The van der Waals surface area contributed by atoms with Gasteiger partial charge in [-0.2, -0.15) is 0 Å². The zero-order valence-electron chi connectivity index (χ0n) is 15.4. The van der Waals surface area contributed by atoms with Crippen molar-refractivity contribution in [3.05, 3.63) is 30.0 Å². The van der Waals surface area contributed by atoms with Crippen molar-refractivity contribution in [2.75, 3.05) is 21.3 Å². The third kappa shape index (κ3) is 3.19. The summed E-state index contributed by atoms with van der Waals surface area (Å²) in [4.78, 5) is -0.104. The van der Waals surface area contributed by atoms with E-state index in [-0.39, 0.29) is 16.2 Å². The van der Waals surface area contributed by atoms with Crippen LogP contribution in [0.5, 0.6) is 17.2 Å². The molecule has 144 valence electrons. The van der Waals surface area contributed by atoms with Crippen LogP contribution in [0, 0.1) is 0 Å². The highest BCUT2D eigenvalue weighted by atomic mass is 32.2. The number of fused-ring (bicyclic) bond motifs is 1. The highest BCUT2D eigenvalue weighted by Crippen LogP contribution is 2.46. The highest BCUT2D eigenvalue weighted by molar-refractivity contribution is 7.89. The first-order valence-electron chi connectivity index (χ1n) is 8.10. The number of primary sulfonamides is 1. The van der Waals surface area contributed by atoms with Crippen molar-refractivity contribution < 1.29 is 27.2 Å². The van der Waals surface area contributed by atoms with Crippen molar-refractivity contribution in [2.24, 2.45) is 5.14 Å². The van der Waals surface area contributed by atoms with Gasteiger partial charge >= 0.3 is 0 Å². The predicted octanol–water partition coefficient (Wildman–Crippen LogP) is 2.73. The number of hydrogen-bond acceptors (Lipinski definition) is 7. The molecule has 1 heterocycles. The molecule has 2 aromatic carbocycles. The van der Waals surface area contributed by atoms with Gasteiger partial charge in [0.15, 0.2) is 17.1 Å². The molecular weight excluding hydrogens is 372 g/mol. The molecule has 0 radical (unpaired) electrons. The number of ether oxygens (including phenoxy) is 3. The Morgan fingerprint density at radius 3 is 2.33 bits per heavy atom. The summed E-state index contributed by atoms with van der Waals surface area (Å²) < 4.78 is 46.1. The van der Waals surface area contributed by atoms with Crippen molar-refractivity contribution in [2.45, 2.75) is 18.2 Å². The fraction of sp³-hybridized carbons (Fsp3) is 0.278. The van der Waals surface area contributed by atoms with Crippen LogP contribution in [0.25, 0.3) is 22.1 Å². The fourth-order valence-electron chi connectivity index (χ4n) is 3.04. The van der Waals surface area contributed by atoms with Crippen LogP contribution in [0.4, 0.5) is 0 Å². The summed E-state index contributed by atoms with van der Waals surface area (Å²) in [6.45, 7) is 1.95. The average molecular weight is 392 g/mol. The number of methoxy groups -OCH3 is 3. The molecule has 0 saturated carbocycles. The molecule has 2 N–H and O–H groups in total. The lowest BCUT2D eigenvalue weighted by atomic mass is 10.00. The van der Waals surface area contributed by atoms with E-state index in [1.165, 1.54) is 33.5 Å². The largest absolute Gasteiger partial charge is 0.496 e. The molecule has 1 aromatic heterocycles. The predicted molar refractivity (Wildman–Crippen MR) is 99.9 cm³/mol. The van der Waals surface area contributed by atoms with Crippen molar-refractivity contribution in [3.63, 3.8) is 0 Å². The van der Waals surface area contributed by atoms with Crippen LogP contribution in [0.15, 0.2) is 33.7 Å². The van der Waals surface area contributed by atoms with E-state index in [0.29, 0.717) is 29.1 Å². The second-order valence-corrected chi connectivity index (χ2v) is 7.28. The quantitative estimate of drug-likeness (QED) is 0.686. The summed E-state index contributed by atoms with van der Waals surface area (Å²) in [6, 6.07) is 6.28. The lowest BCUT2D eigenvalue weighted by Gasteiger charge is -2.18. The number of aryl methyl sites for hydroxylation is 1. The van der Waals surface area contributed by atoms with Gasteiger partial charge in [0.05, 0.1) is 37.5 Å². The van der Waals surface area contributed by atoms with Gasteiger partial charge in [-0.05, 0) is 24.6 Å². The van der Waals surface area contributed by atoms with E-state index < -0.39 is 10.0 Å². The van der Waals surface area contributed by atoms with E-state index in [1.54, 1.807) is 12.1 Å². The van der Waals surface area contributed by atoms with E-state index in [0.717, 1.165) is 11.1 Å². The molecule has 8 nitrogen and oxygen atoms in total. The topological polar surface area (TPSA) is 114 Å². The number of sulfonamides is 1. The van der Waals surface area contributed by atoms with E-state index in [9.17, 15) is 8.42 Å². The molecule has 0 saturated heterocycles. The minimum Gasteiger partial charge on any atom is -0.496 e. The van der Waals surface area contributed by atoms with Crippen molar-refractivity contribution in [3.8, 4) is 28.4 Å². The van der Waals surface area contributed by atoms with Crippen LogP contribution < -0.4 is 19.3 Å². The van der Waals surface area contributed by atoms with Gasteiger partial charge in [-0.15, -0.1) is 0 Å². The summed E-state index contributed by atoms with van der Waals surface area (Å²) in [5.41, 5.74) is 2.00. The van der Waals surface area contributed by atoms with Gasteiger partial charge in [0.25, 0.3) is 0 Å². The molecule has 0 aliphatic carbocycles. The summed E-state index contributed by atoms with van der Waals surface area (Å²) in [5, 5.41) is 10.2. The Balaban J connectivity index is 2.48. The number of aromatic nitrogens is 1. The van der Waals surface area contributed by atoms with Gasteiger partial charge in [-0.3, -0.25) is 0 Å². The Bertz CT molecular complexity index is 1100. The van der Waals surface area contributed by atoms with Crippen LogP contribution in [-0.2, 0) is 16.4 Å². The Labute approximate surface area is 156 Å². The Morgan fingerprint density at radius 2 is 1.78 bits per heavy atom. The number of hydrogen-bond donors (Lipinski definition) is 1. The Morgan fingerprint density at radius 1 is 1.07 bits per heavy atom. The van der Waals surface area contributed by atoms with Crippen LogP contribution in [0.1, 0.15) is 12.6 Å². The monoisotopic (exact) mass is 392 g/mol. The average Bonchev–Trinajstić information content (AvgIpc) is 3.06. The molecule has 3 aromatic rings. The normalized spacial score (nSPS) is 11.6. The number of nitrogens with two attached hydrogens (primary N) is 1. The third-order valence-electron chi connectivity index (χ3n) is 4.28. The Kier molecular flexibility index (Phi) is 4.99. The standard InChI is InChI=1S/C18H20N2O6S/c1-5-12-10-8-11(14(24-3)9-15(10)26-20-12)17-16(27(19,21)22)7-6-13(23-2)18(17)25-4/h6-9H,5H2,1-4H3,(H2,19,21,22). The van der Waals surface area contributed by atoms with E-state index in [4.69, 9.17) is 23.9 Å². The lowest BCUT2D eigenvalue weighted by Crippen LogP contribution is -2.14. The summed E-state index contributed by atoms with van der Waals surface area (Å²) in [7, 11) is 0.320. The first-order chi connectivity index (χ1) is 12.8. The lowest BCUT2D eigenvalue weighted by molar-refractivity contribution is 0.355. The molecule has 0 atom stereocenters. The molecule has 0 fully saturated rings. The van der Waals surface area contributed by atoms with E-state index in [2.05, 4.69) is 5.16 Å². The van der Waals surface area contributed by atoms with Gasteiger partial charge < -0.3 is 18.7 Å². The molecule has 0 amide bonds. The molecule has 0 unspecified atom stereocenters. The number of nitrogens with zero attached hydrogens (tertiary/aromatic N) is 1. The molecule has 3 rings (SSSR count). The van der Waals surface area contributed by atoms with Crippen molar-refractivity contribution in [1.82, 2.24) is 5.16 Å². The van der Waals surface area contributed by atoms with E-state index in [1.807, 2.05) is 6.92 Å². The second-order valence-electron chi connectivity index (χ2n) is 5.75. The second kappa shape index (κ2) is 7.09. The third-order valence-corrected chi connectivity index (χ3v) is 5.24. The molecule has 0 spiro atoms. The first kappa shape index (κ1) is 19.0. The van der Waals surface area contributed by atoms with Crippen molar-refractivity contribution >= 4 is 21.0 Å². The van der Waals surface area contributed by atoms with Gasteiger partial charge in [0, 0.05) is 17.0 Å². The minimum atomic E-state index is -4.05. The molecule has 9 heteroatoms. The molecule has 27 heavy (non-hydrogen) atoms. The summed E-state index contributed by atoms with van der Waals surface area (Å²) in [5.74, 6) is 0.983. The van der Waals surface area contributed by atoms with E-state index >= 15 is 0 Å². The molecule has 0 bridgehead atoms. The van der Waals surface area contributed by atoms with Crippen LogP contribution >= 0.6 is 0 Å². The smallest absolute Gasteiger partial charge is 0.238 e. The Hall–Kier alpha value is -2.78. The molecule has 0 aliphatic heterocycles. The summed E-state index contributed by atoms with van der Waals surface area (Å²) >= 11 is 0. The molecule has 0 aliphatic rings. The van der Waals surface area contributed by atoms with Gasteiger partial charge in [-0.25, -0.2) is 13.6 Å². The van der Waals surface area contributed by atoms with Gasteiger partial charge in [0.2, 0.25) is 10.0 Å². The number of benzene rings is 2. The van der Waals surface area contributed by atoms with Crippen LogP contribution in [-0.4, -0.2) is 34.9 Å². The maximum absolute atomic E-state index is 12.2. The van der Waals surface area contributed by atoms with Gasteiger partial charge in [-0.1, -0.05) is 12.1 Å². The summed E-state index contributed by atoms with van der Waals surface area (Å²) in [6.07, 6.45) is 0.649. The number of rotatable bonds is 6. The van der Waals surface area contributed by atoms with Crippen LogP contribution in [0.2, 0.25) is 0 Å². The zero-order valence-corrected chi connectivity index (χ0v) is 16.2. The fourth-order valence-corrected chi connectivity index (χ4v) is 3.78. The first-order valence-corrected chi connectivity index (χ1v) is 9.64. The van der Waals surface area contributed by atoms with Crippen molar-refractivity contribution in [1.29, 1.82) is 0 Å². The molecular formula is C18H20N2O6S.